The number of hydrogen-bond acceptors (Lipinski definition) is 4. The van der Waals surface area contributed by atoms with Crippen LogP contribution in [-0.4, -0.2) is 26.0 Å². The molecule has 16 heavy (non-hydrogen) atoms. The molecule has 0 aliphatic heterocycles. The highest BCUT2D eigenvalue weighted by Crippen LogP contribution is 2.39. The third-order valence-electron chi connectivity index (χ3n) is 3.00. The van der Waals surface area contributed by atoms with Crippen molar-refractivity contribution in [2.45, 2.75) is 20.3 Å². The Hall–Kier alpha value is -1.58. The number of Topliss-reactive ketones (excluding diaryl/α,β-unsaturated/α-hetero) is 1. The molecule has 0 saturated heterocycles. The summed E-state index contributed by atoms with van der Waals surface area (Å²) in [5, 5.41) is 0. The van der Waals surface area contributed by atoms with Gasteiger partial charge in [-0.1, -0.05) is 0 Å². The zero-order chi connectivity index (χ0) is 12.3. The highest BCUT2D eigenvalue weighted by atomic mass is 16.5. The summed E-state index contributed by atoms with van der Waals surface area (Å²) in [4.78, 5) is 23.3. The van der Waals surface area contributed by atoms with Crippen molar-refractivity contribution in [1.82, 2.24) is 0 Å². The van der Waals surface area contributed by atoms with Gasteiger partial charge in [0.25, 0.3) is 0 Å². The summed E-state index contributed by atoms with van der Waals surface area (Å²) >= 11 is 0. The third-order valence-corrected chi connectivity index (χ3v) is 3.00. The zero-order valence-electron chi connectivity index (χ0n) is 9.99. The second-order valence-corrected chi connectivity index (χ2v) is 3.97. The Morgan fingerprint density at radius 3 is 2.38 bits per heavy atom. The summed E-state index contributed by atoms with van der Waals surface area (Å²) in [6.45, 7) is 3.19. The number of ketones is 1. The normalized spacial score (nSPS) is 24.2. The van der Waals surface area contributed by atoms with Crippen LogP contribution in [0.4, 0.5) is 0 Å². The summed E-state index contributed by atoms with van der Waals surface area (Å²) in [6.07, 6.45) is 3.67. The molecule has 0 saturated carbocycles. The molecule has 4 nitrogen and oxygen atoms in total. The van der Waals surface area contributed by atoms with Gasteiger partial charge in [-0.3, -0.25) is 4.79 Å². The molecule has 1 unspecified atom stereocenters. The van der Waals surface area contributed by atoms with Crippen molar-refractivity contribution < 1.29 is 19.1 Å². The van der Waals surface area contributed by atoms with E-state index in [9.17, 15) is 9.59 Å². The number of carbonyl (C=O) groups excluding carboxylic acids is 2. The van der Waals surface area contributed by atoms with E-state index in [4.69, 9.17) is 4.74 Å². The molecule has 0 amide bonds. The molecule has 0 fully saturated rings. The molecule has 0 radical (unpaired) electrons. The van der Waals surface area contributed by atoms with E-state index >= 15 is 0 Å². The first kappa shape index (κ1) is 12.5. The quantitative estimate of drug-likeness (QED) is 0.683. The molecule has 0 aromatic heterocycles. The lowest BCUT2D eigenvalue weighted by Crippen LogP contribution is -2.34. The van der Waals surface area contributed by atoms with E-state index in [1.165, 1.54) is 14.0 Å². The molecule has 0 N–H and O–H groups in total. The molecule has 0 heterocycles. The van der Waals surface area contributed by atoms with Gasteiger partial charge in [-0.15, -0.1) is 0 Å². The smallest absolute Gasteiger partial charge is 0.334 e. The second kappa shape index (κ2) is 4.51. The van der Waals surface area contributed by atoms with E-state index in [-0.39, 0.29) is 5.78 Å². The molecular weight excluding hydrogens is 208 g/mol. The van der Waals surface area contributed by atoms with Crippen molar-refractivity contribution in [1.29, 1.82) is 0 Å². The summed E-state index contributed by atoms with van der Waals surface area (Å²) in [5.41, 5.74) is -0.476. The molecule has 1 rings (SSSR count). The number of esters is 1. The standard InChI is InChI=1S/C12H16O4/c1-8(13)12(2)7-9(15-3)5-6-10(12)11(14)16-4/h5-6H,7H2,1-4H3. The molecule has 0 aromatic carbocycles. The molecular formula is C12H16O4. The number of ether oxygens (including phenoxy) is 2. The van der Waals surface area contributed by atoms with E-state index < -0.39 is 11.4 Å². The number of carbonyl (C=O) groups is 2. The van der Waals surface area contributed by atoms with Crippen LogP contribution >= 0.6 is 0 Å². The molecule has 0 aromatic rings. The lowest BCUT2D eigenvalue weighted by molar-refractivity contribution is -0.140. The highest BCUT2D eigenvalue weighted by Gasteiger charge is 2.41. The predicted octanol–water partition coefficient (Wildman–Crippen LogP) is 1.62. The van der Waals surface area contributed by atoms with Crippen LogP contribution in [0.1, 0.15) is 20.3 Å². The maximum absolute atomic E-state index is 11.7. The molecule has 1 aliphatic rings. The molecule has 4 heteroatoms. The largest absolute Gasteiger partial charge is 0.501 e. The SMILES string of the molecule is COC(=O)C1=CC=C(OC)CC1(C)C(C)=O. The Balaban J connectivity index is 3.18. The fraction of sp³-hybridized carbons (Fsp3) is 0.500. The molecule has 0 spiro atoms. The van der Waals surface area contributed by atoms with Crippen molar-refractivity contribution in [3.8, 4) is 0 Å². The van der Waals surface area contributed by atoms with Gasteiger partial charge in [0.1, 0.15) is 5.78 Å². The van der Waals surface area contributed by atoms with Gasteiger partial charge in [0.05, 0.1) is 31.0 Å². The van der Waals surface area contributed by atoms with E-state index in [2.05, 4.69) is 4.74 Å². The lowest BCUT2D eigenvalue weighted by atomic mass is 9.73. The van der Waals surface area contributed by atoms with Gasteiger partial charge in [0.2, 0.25) is 0 Å². The Morgan fingerprint density at radius 2 is 1.94 bits per heavy atom. The van der Waals surface area contributed by atoms with E-state index in [1.54, 1.807) is 26.2 Å². The number of hydrogen-bond donors (Lipinski definition) is 0. The van der Waals surface area contributed by atoms with Crippen molar-refractivity contribution in [3.05, 3.63) is 23.5 Å². The van der Waals surface area contributed by atoms with Crippen LogP contribution in [0.2, 0.25) is 0 Å². The minimum absolute atomic E-state index is 0.0770. The van der Waals surface area contributed by atoms with Crippen molar-refractivity contribution in [2.75, 3.05) is 14.2 Å². The monoisotopic (exact) mass is 224 g/mol. The van der Waals surface area contributed by atoms with Gasteiger partial charge in [0.15, 0.2) is 0 Å². The first-order valence-electron chi connectivity index (χ1n) is 5.00. The second-order valence-electron chi connectivity index (χ2n) is 3.97. The Bertz CT molecular complexity index is 378. The van der Waals surface area contributed by atoms with Gasteiger partial charge >= 0.3 is 5.97 Å². The number of allylic oxidation sites excluding steroid dienone is 3. The lowest BCUT2D eigenvalue weighted by Gasteiger charge is -2.31. The minimum atomic E-state index is -0.854. The summed E-state index contributed by atoms with van der Waals surface area (Å²) in [5.74, 6) is 0.140. The van der Waals surface area contributed by atoms with E-state index in [0.717, 1.165) is 0 Å². The number of methoxy groups -OCH3 is 2. The summed E-state index contributed by atoms with van der Waals surface area (Å²) < 4.78 is 9.79. The summed E-state index contributed by atoms with van der Waals surface area (Å²) in [6, 6.07) is 0. The van der Waals surface area contributed by atoms with Crippen molar-refractivity contribution in [3.63, 3.8) is 0 Å². The Labute approximate surface area is 94.9 Å². The number of rotatable bonds is 3. The van der Waals surface area contributed by atoms with Gasteiger partial charge in [-0.05, 0) is 26.0 Å². The average molecular weight is 224 g/mol. The van der Waals surface area contributed by atoms with Crippen LogP contribution in [0, 0.1) is 5.41 Å². The van der Waals surface area contributed by atoms with Crippen molar-refractivity contribution >= 4 is 11.8 Å². The third kappa shape index (κ3) is 2.01. The van der Waals surface area contributed by atoms with Crippen LogP contribution in [0.15, 0.2) is 23.5 Å². The fourth-order valence-electron chi connectivity index (χ4n) is 1.72. The van der Waals surface area contributed by atoms with Crippen LogP contribution in [0.3, 0.4) is 0 Å². The average Bonchev–Trinajstić information content (AvgIpc) is 2.27. The molecule has 0 bridgehead atoms. The summed E-state index contributed by atoms with van der Waals surface area (Å²) in [7, 11) is 2.85. The minimum Gasteiger partial charge on any atom is -0.501 e. The molecule has 88 valence electrons. The van der Waals surface area contributed by atoms with Gasteiger partial charge < -0.3 is 9.47 Å². The van der Waals surface area contributed by atoms with Crippen LogP contribution in [0.5, 0.6) is 0 Å². The molecule has 1 atom stereocenters. The molecule has 1 aliphatic carbocycles. The van der Waals surface area contributed by atoms with Gasteiger partial charge in [-0.2, -0.15) is 0 Å². The maximum atomic E-state index is 11.7. The van der Waals surface area contributed by atoms with E-state index in [1.807, 2.05) is 0 Å². The van der Waals surface area contributed by atoms with Crippen LogP contribution < -0.4 is 0 Å². The highest BCUT2D eigenvalue weighted by molar-refractivity contribution is 6.00. The van der Waals surface area contributed by atoms with Crippen LogP contribution in [-0.2, 0) is 19.1 Å². The van der Waals surface area contributed by atoms with Crippen molar-refractivity contribution in [2.24, 2.45) is 5.41 Å². The Morgan fingerprint density at radius 1 is 1.31 bits per heavy atom. The maximum Gasteiger partial charge on any atom is 0.334 e. The fourth-order valence-corrected chi connectivity index (χ4v) is 1.72. The van der Waals surface area contributed by atoms with Gasteiger partial charge in [-0.25, -0.2) is 4.79 Å². The predicted molar refractivity (Wildman–Crippen MR) is 58.6 cm³/mol. The first-order chi connectivity index (χ1) is 7.45. The first-order valence-corrected chi connectivity index (χ1v) is 5.00. The van der Waals surface area contributed by atoms with Gasteiger partial charge in [0, 0.05) is 6.42 Å². The Kier molecular flexibility index (Phi) is 3.52. The topological polar surface area (TPSA) is 52.6 Å². The zero-order valence-corrected chi connectivity index (χ0v) is 9.99. The van der Waals surface area contributed by atoms with Crippen LogP contribution in [0.25, 0.3) is 0 Å². The van der Waals surface area contributed by atoms with E-state index in [0.29, 0.717) is 17.8 Å².